The highest BCUT2D eigenvalue weighted by atomic mass is 32.2. The fourth-order valence-corrected chi connectivity index (χ4v) is 6.39. The van der Waals surface area contributed by atoms with Crippen molar-refractivity contribution in [2.75, 3.05) is 18.9 Å². The lowest BCUT2D eigenvalue weighted by molar-refractivity contribution is 0.286. The molecule has 0 aromatic heterocycles. The van der Waals surface area contributed by atoms with E-state index in [1.807, 2.05) is 42.5 Å². The SMILES string of the molecule is CCCCOc1c(C#N)c(C#N)c(OCCCC)c(Sc2cccc3ccccc23)c1Sc1ccccc1N. The number of para-hydroxylation sites is 1. The number of rotatable bonds is 12. The molecule has 7 heteroatoms. The lowest BCUT2D eigenvalue weighted by Gasteiger charge is -2.22. The second kappa shape index (κ2) is 13.8. The first-order valence-corrected chi connectivity index (χ1v) is 14.7. The van der Waals surface area contributed by atoms with Crippen LogP contribution >= 0.6 is 23.5 Å². The maximum absolute atomic E-state index is 10.3. The summed E-state index contributed by atoms with van der Waals surface area (Å²) in [6.45, 7) is 5.04. The van der Waals surface area contributed by atoms with Gasteiger partial charge in [0, 0.05) is 15.5 Å². The monoisotopic (exact) mass is 553 g/mol. The molecular weight excluding hydrogens is 523 g/mol. The van der Waals surface area contributed by atoms with E-state index in [0.717, 1.165) is 56.0 Å². The summed E-state index contributed by atoms with van der Waals surface area (Å²) in [6, 6.07) is 26.5. The van der Waals surface area contributed by atoms with E-state index in [2.05, 4.69) is 50.3 Å². The first-order chi connectivity index (χ1) is 19.1. The number of anilines is 1. The van der Waals surface area contributed by atoms with Gasteiger partial charge in [0.25, 0.3) is 0 Å². The van der Waals surface area contributed by atoms with E-state index in [-0.39, 0.29) is 11.1 Å². The van der Waals surface area contributed by atoms with Crippen molar-refractivity contribution in [3.8, 4) is 23.6 Å². The first-order valence-electron chi connectivity index (χ1n) is 13.1. The van der Waals surface area contributed by atoms with Gasteiger partial charge in [-0.15, -0.1) is 0 Å². The fraction of sp³-hybridized carbons (Fsp3) is 0.250. The van der Waals surface area contributed by atoms with Crippen LogP contribution in [0.1, 0.15) is 50.7 Å². The number of nitrogen functional groups attached to an aromatic ring is 1. The zero-order valence-electron chi connectivity index (χ0n) is 22.2. The number of nitrogens with zero attached hydrogens (tertiary/aromatic N) is 2. The number of ether oxygens (including phenoxy) is 2. The lowest BCUT2D eigenvalue weighted by atomic mass is 10.1. The molecule has 0 heterocycles. The van der Waals surface area contributed by atoms with Crippen molar-refractivity contribution in [2.24, 2.45) is 0 Å². The standard InChI is InChI=1S/C32H31N3O2S2/c1-3-5-18-36-29-24(20-33)25(21-34)30(37-19-6-4-2)32(39-28-16-10-9-15-26(28)35)31(29)38-27-17-11-13-22-12-7-8-14-23(22)27/h7-17H,3-6,18-19,35H2,1-2H3. The Morgan fingerprint density at radius 2 is 1.21 bits per heavy atom. The molecule has 0 aliphatic heterocycles. The molecule has 0 atom stereocenters. The third-order valence-electron chi connectivity index (χ3n) is 6.13. The van der Waals surface area contributed by atoms with Gasteiger partial charge in [0.15, 0.2) is 11.5 Å². The predicted molar refractivity (Wildman–Crippen MR) is 160 cm³/mol. The summed E-state index contributed by atoms with van der Waals surface area (Å²) in [5.74, 6) is 0.821. The minimum atomic E-state index is 0.194. The van der Waals surface area contributed by atoms with Crippen LogP contribution in [-0.2, 0) is 0 Å². The van der Waals surface area contributed by atoms with Gasteiger partial charge >= 0.3 is 0 Å². The van der Waals surface area contributed by atoms with E-state index in [9.17, 15) is 10.5 Å². The minimum Gasteiger partial charge on any atom is -0.491 e. The molecular formula is C32H31N3O2S2. The molecule has 4 rings (SSSR count). The van der Waals surface area contributed by atoms with Gasteiger partial charge in [0.1, 0.15) is 23.3 Å². The van der Waals surface area contributed by atoms with E-state index < -0.39 is 0 Å². The molecule has 0 amide bonds. The summed E-state index contributed by atoms with van der Waals surface area (Å²) in [5.41, 5.74) is 7.38. The molecule has 0 radical (unpaired) electrons. The average Bonchev–Trinajstić information content (AvgIpc) is 2.96. The van der Waals surface area contributed by atoms with Crippen LogP contribution in [-0.4, -0.2) is 13.2 Å². The summed E-state index contributed by atoms with van der Waals surface area (Å²) in [4.78, 5) is 3.33. The van der Waals surface area contributed by atoms with Gasteiger partial charge in [-0.3, -0.25) is 0 Å². The summed E-state index contributed by atoms with van der Waals surface area (Å²) in [6.07, 6.45) is 3.54. The van der Waals surface area contributed by atoms with Gasteiger partial charge in [0.05, 0.1) is 23.0 Å². The largest absolute Gasteiger partial charge is 0.491 e. The number of benzene rings is 4. The van der Waals surface area contributed by atoms with Crippen molar-refractivity contribution >= 4 is 40.0 Å². The molecule has 2 N–H and O–H groups in total. The van der Waals surface area contributed by atoms with E-state index in [1.54, 1.807) is 0 Å². The molecule has 0 spiro atoms. The Bertz CT molecular complexity index is 1530. The number of unbranched alkanes of at least 4 members (excludes halogenated alkanes) is 2. The normalized spacial score (nSPS) is 10.7. The molecule has 5 nitrogen and oxygen atoms in total. The van der Waals surface area contributed by atoms with Crippen LogP contribution in [0.2, 0.25) is 0 Å². The third kappa shape index (κ3) is 6.45. The Morgan fingerprint density at radius 1 is 0.692 bits per heavy atom. The Morgan fingerprint density at radius 3 is 1.79 bits per heavy atom. The van der Waals surface area contributed by atoms with Crippen LogP contribution in [0.4, 0.5) is 5.69 Å². The van der Waals surface area contributed by atoms with Crippen LogP contribution in [0.3, 0.4) is 0 Å². The van der Waals surface area contributed by atoms with Crippen LogP contribution < -0.4 is 15.2 Å². The van der Waals surface area contributed by atoms with Crippen molar-refractivity contribution in [2.45, 2.75) is 59.1 Å². The predicted octanol–water partition coefficient (Wildman–Crippen LogP) is 8.83. The fourth-order valence-electron chi connectivity index (χ4n) is 4.05. The Hall–Kier alpha value is -3.78. The van der Waals surface area contributed by atoms with Gasteiger partial charge in [-0.05, 0) is 41.8 Å². The molecule has 198 valence electrons. The second-order valence-corrected chi connectivity index (χ2v) is 11.0. The van der Waals surface area contributed by atoms with Crippen molar-refractivity contribution in [1.82, 2.24) is 0 Å². The molecule has 39 heavy (non-hydrogen) atoms. The van der Waals surface area contributed by atoms with Gasteiger partial charge in [0.2, 0.25) is 0 Å². The molecule has 0 bridgehead atoms. The number of hydrogen-bond donors (Lipinski definition) is 1. The highest BCUT2D eigenvalue weighted by Gasteiger charge is 2.29. The smallest absolute Gasteiger partial charge is 0.153 e. The van der Waals surface area contributed by atoms with Gasteiger partial charge in [-0.1, -0.05) is 98.7 Å². The minimum absolute atomic E-state index is 0.194. The van der Waals surface area contributed by atoms with Crippen molar-refractivity contribution in [3.63, 3.8) is 0 Å². The number of nitriles is 2. The summed E-state index contributed by atoms with van der Waals surface area (Å²) in [7, 11) is 0. The first kappa shape index (κ1) is 28.2. The van der Waals surface area contributed by atoms with Crippen LogP contribution in [0.25, 0.3) is 10.8 Å². The number of hydrogen-bond acceptors (Lipinski definition) is 7. The van der Waals surface area contributed by atoms with E-state index in [0.29, 0.717) is 30.4 Å². The topological polar surface area (TPSA) is 92.1 Å². The molecule has 0 aliphatic rings. The summed E-state index contributed by atoms with van der Waals surface area (Å²) >= 11 is 2.97. The van der Waals surface area contributed by atoms with E-state index in [1.165, 1.54) is 23.5 Å². The Balaban J connectivity index is 2.01. The van der Waals surface area contributed by atoms with Crippen molar-refractivity contribution in [1.29, 1.82) is 10.5 Å². The van der Waals surface area contributed by atoms with Crippen LogP contribution in [0, 0.1) is 22.7 Å². The second-order valence-electron chi connectivity index (χ2n) is 8.91. The number of nitrogens with two attached hydrogens (primary N) is 1. The van der Waals surface area contributed by atoms with Crippen molar-refractivity contribution in [3.05, 3.63) is 77.9 Å². The highest BCUT2D eigenvalue weighted by molar-refractivity contribution is 8.02. The highest BCUT2D eigenvalue weighted by Crippen LogP contribution is 2.53. The van der Waals surface area contributed by atoms with Crippen LogP contribution in [0.5, 0.6) is 11.5 Å². The molecule has 0 saturated heterocycles. The number of fused-ring (bicyclic) bond motifs is 1. The Kier molecular flexibility index (Phi) is 10.0. The Labute approximate surface area is 238 Å². The summed E-state index contributed by atoms with van der Waals surface area (Å²) in [5, 5.41) is 22.8. The molecule has 4 aromatic rings. The molecule has 0 fully saturated rings. The van der Waals surface area contributed by atoms with Crippen molar-refractivity contribution < 1.29 is 9.47 Å². The maximum atomic E-state index is 10.3. The molecule has 0 saturated carbocycles. The molecule has 0 aliphatic carbocycles. The maximum Gasteiger partial charge on any atom is 0.153 e. The quantitative estimate of drug-likeness (QED) is 0.138. The summed E-state index contributed by atoms with van der Waals surface area (Å²) < 4.78 is 12.6. The van der Waals surface area contributed by atoms with Gasteiger partial charge in [-0.25, -0.2) is 0 Å². The molecule has 0 unspecified atom stereocenters. The van der Waals surface area contributed by atoms with Crippen LogP contribution in [0.15, 0.2) is 86.3 Å². The van der Waals surface area contributed by atoms with Gasteiger partial charge < -0.3 is 15.2 Å². The zero-order valence-corrected chi connectivity index (χ0v) is 23.8. The average molecular weight is 554 g/mol. The lowest BCUT2D eigenvalue weighted by Crippen LogP contribution is -2.07. The van der Waals surface area contributed by atoms with E-state index in [4.69, 9.17) is 15.2 Å². The third-order valence-corrected chi connectivity index (χ3v) is 8.61. The van der Waals surface area contributed by atoms with E-state index >= 15 is 0 Å². The zero-order chi connectivity index (χ0) is 27.6. The van der Waals surface area contributed by atoms with Gasteiger partial charge in [-0.2, -0.15) is 10.5 Å². The molecule has 4 aromatic carbocycles.